The number of esters is 1. The van der Waals surface area contributed by atoms with Crippen LogP contribution in [0.15, 0.2) is 5.38 Å². The lowest BCUT2D eigenvalue weighted by molar-refractivity contribution is -0.144. The first-order valence-corrected chi connectivity index (χ1v) is 7.57. The van der Waals surface area contributed by atoms with Gasteiger partial charge in [0.2, 0.25) is 0 Å². The van der Waals surface area contributed by atoms with Crippen LogP contribution in [-0.4, -0.2) is 28.5 Å². The third-order valence-electron chi connectivity index (χ3n) is 3.44. The van der Waals surface area contributed by atoms with Gasteiger partial charge in [0.15, 0.2) is 4.96 Å². The second-order valence-corrected chi connectivity index (χ2v) is 6.10. The molecule has 2 heterocycles. The highest BCUT2D eigenvalue weighted by atomic mass is 32.1. The van der Waals surface area contributed by atoms with Crippen LogP contribution in [0.4, 0.5) is 0 Å². The zero-order chi connectivity index (χ0) is 14.9. The average Bonchev–Trinajstić information content (AvgIpc) is 2.89. The number of nitrogens with one attached hydrogen (secondary N) is 1. The number of fused-ring (bicyclic) bond motifs is 1. The third kappa shape index (κ3) is 2.71. The van der Waals surface area contributed by atoms with Gasteiger partial charge < -0.3 is 4.74 Å². The number of hydrogen-bond acceptors (Lipinski definition) is 5. The van der Waals surface area contributed by atoms with Crippen LogP contribution in [0.2, 0.25) is 0 Å². The van der Waals surface area contributed by atoms with Crippen LogP contribution >= 0.6 is 11.3 Å². The standard InChI is InChI=1S/C14H21N3O2S/c1-8(2)12(13(18)19-5)15-6-11-10(4)16-14-17(11)9(3)7-20-14/h7-8,12,15H,6H2,1-5H3/t12-/m0/s1. The molecule has 110 valence electrons. The molecular formula is C14H21N3O2S. The molecule has 2 aromatic rings. The van der Waals surface area contributed by atoms with E-state index in [4.69, 9.17) is 4.74 Å². The summed E-state index contributed by atoms with van der Waals surface area (Å²) in [6, 6.07) is -0.302. The van der Waals surface area contributed by atoms with Gasteiger partial charge in [-0.3, -0.25) is 14.5 Å². The summed E-state index contributed by atoms with van der Waals surface area (Å²) in [6.07, 6.45) is 0. The number of methoxy groups -OCH3 is 1. The monoisotopic (exact) mass is 295 g/mol. The summed E-state index contributed by atoms with van der Waals surface area (Å²) in [5.41, 5.74) is 3.27. The zero-order valence-electron chi connectivity index (χ0n) is 12.6. The van der Waals surface area contributed by atoms with Crippen molar-refractivity contribution >= 4 is 22.3 Å². The number of carbonyl (C=O) groups is 1. The Morgan fingerprint density at radius 1 is 1.50 bits per heavy atom. The Labute approximate surface area is 123 Å². The molecule has 0 fully saturated rings. The van der Waals surface area contributed by atoms with Gasteiger partial charge in [-0.25, -0.2) is 4.98 Å². The molecule has 0 saturated heterocycles. The molecule has 0 aliphatic heterocycles. The molecule has 0 spiro atoms. The Balaban J connectivity index is 2.21. The second-order valence-electron chi connectivity index (χ2n) is 5.26. The number of aromatic nitrogens is 2. The van der Waals surface area contributed by atoms with Crippen molar-refractivity contribution in [3.8, 4) is 0 Å². The van der Waals surface area contributed by atoms with Crippen LogP contribution in [-0.2, 0) is 16.1 Å². The van der Waals surface area contributed by atoms with E-state index >= 15 is 0 Å². The Morgan fingerprint density at radius 2 is 2.20 bits per heavy atom. The van der Waals surface area contributed by atoms with Crippen molar-refractivity contribution in [3.05, 3.63) is 22.5 Å². The SMILES string of the molecule is COC(=O)[C@@H](NCc1c(C)nc2scc(C)n12)C(C)C. The molecule has 0 aliphatic rings. The molecule has 0 aromatic carbocycles. The topological polar surface area (TPSA) is 55.6 Å². The van der Waals surface area contributed by atoms with E-state index in [-0.39, 0.29) is 17.9 Å². The summed E-state index contributed by atoms with van der Waals surface area (Å²) in [5, 5.41) is 5.38. The van der Waals surface area contributed by atoms with Gasteiger partial charge in [-0.1, -0.05) is 13.8 Å². The van der Waals surface area contributed by atoms with E-state index in [1.807, 2.05) is 20.8 Å². The predicted molar refractivity (Wildman–Crippen MR) is 80.0 cm³/mol. The van der Waals surface area contributed by atoms with Gasteiger partial charge in [-0.05, 0) is 19.8 Å². The van der Waals surface area contributed by atoms with Crippen molar-refractivity contribution < 1.29 is 9.53 Å². The average molecular weight is 295 g/mol. The highest BCUT2D eigenvalue weighted by Gasteiger charge is 2.23. The largest absolute Gasteiger partial charge is 0.468 e. The van der Waals surface area contributed by atoms with Crippen LogP contribution in [0.25, 0.3) is 4.96 Å². The maximum atomic E-state index is 11.8. The van der Waals surface area contributed by atoms with Crippen LogP contribution < -0.4 is 5.32 Å². The van der Waals surface area contributed by atoms with E-state index in [1.54, 1.807) is 11.3 Å². The molecule has 20 heavy (non-hydrogen) atoms. The number of ether oxygens (including phenoxy) is 1. The van der Waals surface area contributed by atoms with Crippen molar-refractivity contribution in [1.82, 2.24) is 14.7 Å². The second kappa shape index (κ2) is 5.93. The lowest BCUT2D eigenvalue weighted by Crippen LogP contribution is -2.41. The normalized spacial score (nSPS) is 13.1. The van der Waals surface area contributed by atoms with Crippen LogP contribution in [0, 0.1) is 19.8 Å². The molecule has 1 atom stereocenters. The Hall–Kier alpha value is -1.40. The smallest absolute Gasteiger partial charge is 0.323 e. The molecule has 0 aliphatic carbocycles. The summed E-state index contributed by atoms with van der Waals surface area (Å²) in [6.45, 7) is 8.67. The quantitative estimate of drug-likeness (QED) is 0.860. The molecule has 2 rings (SSSR count). The van der Waals surface area contributed by atoms with Crippen molar-refractivity contribution in [1.29, 1.82) is 0 Å². The summed E-state index contributed by atoms with van der Waals surface area (Å²) >= 11 is 1.63. The first-order chi connectivity index (χ1) is 9.45. The lowest BCUT2D eigenvalue weighted by atomic mass is 10.0. The van der Waals surface area contributed by atoms with Gasteiger partial charge in [0.25, 0.3) is 0 Å². The Kier molecular flexibility index (Phi) is 4.45. The van der Waals surface area contributed by atoms with Crippen LogP contribution in [0.1, 0.15) is 30.9 Å². The number of imidazole rings is 1. The van der Waals surface area contributed by atoms with Gasteiger partial charge in [-0.2, -0.15) is 0 Å². The fourth-order valence-corrected chi connectivity index (χ4v) is 3.23. The van der Waals surface area contributed by atoms with Crippen molar-refractivity contribution in [2.24, 2.45) is 5.92 Å². The van der Waals surface area contributed by atoms with Crippen molar-refractivity contribution in [2.45, 2.75) is 40.3 Å². The van der Waals surface area contributed by atoms with Crippen molar-refractivity contribution in [2.75, 3.05) is 7.11 Å². The fraction of sp³-hybridized carbons (Fsp3) is 0.571. The molecule has 5 nitrogen and oxygen atoms in total. The van der Waals surface area contributed by atoms with Crippen LogP contribution in [0.3, 0.4) is 0 Å². The number of aryl methyl sites for hydroxylation is 2. The summed E-state index contributed by atoms with van der Waals surface area (Å²) in [4.78, 5) is 17.3. The molecule has 2 aromatic heterocycles. The lowest BCUT2D eigenvalue weighted by Gasteiger charge is -2.19. The van der Waals surface area contributed by atoms with Gasteiger partial charge in [-0.15, -0.1) is 11.3 Å². The van der Waals surface area contributed by atoms with Gasteiger partial charge in [0.1, 0.15) is 6.04 Å². The van der Waals surface area contributed by atoms with Gasteiger partial charge in [0.05, 0.1) is 18.5 Å². The van der Waals surface area contributed by atoms with E-state index in [0.717, 1.165) is 16.3 Å². The first kappa shape index (κ1) is 15.0. The zero-order valence-corrected chi connectivity index (χ0v) is 13.4. The van der Waals surface area contributed by atoms with E-state index in [9.17, 15) is 4.79 Å². The summed E-state index contributed by atoms with van der Waals surface area (Å²) in [5.74, 6) is -0.0461. The number of carbonyl (C=O) groups excluding carboxylic acids is 1. The predicted octanol–water partition coefficient (Wildman–Crippen LogP) is 2.30. The summed E-state index contributed by atoms with van der Waals surface area (Å²) in [7, 11) is 1.42. The highest BCUT2D eigenvalue weighted by molar-refractivity contribution is 7.15. The minimum atomic E-state index is -0.302. The molecule has 0 unspecified atom stereocenters. The Bertz CT molecular complexity index is 615. The van der Waals surface area contributed by atoms with E-state index in [2.05, 4.69) is 27.0 Å². The first-order valence-electron chi connectivity index (χ1n) is 6.69. The van der Waals surface area contributed by atoms with E-state index in [0.29, 0.717) is 6.54 Å². The maximum absolute atomic E-state index is 11.8. The van der Waals surface area contributed by atoms with Gasteiger partial charge in [0, 0.05) is 17.6 Å². The maximum Gasteiger partial charge on any atom is 0.323 e. The van der Waals surface area contributed by atoms with Crippen molar-refractivity contribution in [3.63, 3.8) is 0 Å². The van der Waals surface area contributed by atoms with Crippen LogP contribution in [0.5, 0.6) is 0 Å². The molecule has 1 N–H and O–H groups in total. The molecule has 0 saturated carbocycles. The van der Waals surface area contributed by atoms with Gasteiger partial charge >= 0.3 is 5.97 Å². The number of rotatable bonds is 5. The minimum Gasteiger partial charge on any atom is -0.468 e. The Morgan fingerprint density at radius 3 is 2.80 bits per heavy atom. The van der Waals surface area contributed by atoms with E-state index in [1.165, 1.54) is 12.8 Å². The summed E-state index contributed by atoms with van der Waals surface area (Å²) < 4.78 is 6.99. The molecule has 0 radical (unpaired) electrons. The molecule has 6 heteroatoms. The van der Waals surface area contributed by atoms with E-state index < -0.39 is 0 Å². The number of thiazole rings is 1. The molecular weight excluding hydrogens is 274 g/mol. The highest BCUT2D eigenvalue weighted by Crippen LogP contribution is 2.20. The minimum absolute atomic E-state index is 0.176. The third-order valence-corrected chi connectivity index (χ3v) is 4.38. The number of hydrogen-bond donors (Lipinski definition) is 1. The molecule has 0 bridgehead atoms. The molecule has 0 amide bonds. The fourth-order valence-electron chi connectivity index (χ4n) is 2.30. The number of nitrogens with zero attached hydrogens (tertiary/aromatic N) is 2.